The lowest BCUT2D eigenvalue weighted by Crippen LogP contribution is -2.40. The summed E-state index contributed by atoms with van der Waals surface area (Å²) in [7, 11) is -1.63. The summed E-state index contributed by atoms with van der Waals surface area (Å²) < 4.78 is 31.0. The van der Waals surface area contributed by atoms with Gasteiger partial charge in [-0.1, -0.05) is 15.9 Å². The first-order valence-electron chi connectivity index (χ1n) is 8.52. The molecule has 26 heavy (non-hydrogen) atoms. The van der Waals surface area contributed by atoms with Crippen LogP contribution in [0.25, 0.3) is 0 Å². The van der Waals surface area contributed by atoms with Gasteiger partial charge in [-0.3, -0.25) is 4.99 Å². The Bertz CT molecular complexity index is 664. The van der Waals surface area contributed by atoms with Gasteiger partial charge in [-0.25, -0.2) is 8.42 Å². The molecule has 1 fully saturated rings. The molecular formula is C17H27BrIN3O3S. The Labute approximate surface area is 181 Å². The number of benzene rings is 1. The summed E-state index contributed by atoms with van der Waals surface area (Å²) in [5.41, 5.74) is 0. The zero-order valence-corrected chi connectivity index (χ0v) is 19.6. The van der Waals surface area contributed by atoms with Gasteiger partial charge in [-0.2, -0.15) is 0 Å². The summed E-state index contributed by atoms with van der Waals surface area (Å²) in [4.78, 5) is 4.43. The van der Waals surface area contributed by atoms with Crippen LogP contribution < -0.4 is 10.6 Å². The number of guanidine groups is 1. The maximum Gasteiger partial charge on any atom is 0.191 e. The predicted molar refractivity (Wildman–Crippen MR) is 119 cm³/mol. The second-order valence-electron chi connectivity index (χ2n) is 6.07. The van der Waals surface area contributed by atoms with Gasteiger partial charge in [-0.15, -0.1) is 24.0 Å². The summed E-state index contributed by atoms with van der Waals surface area (Å²) >= 11 is 3.30. The van der Waals surface area contributed by atoms with Crippen LogP contribution in [0.3, 0.4) is 0 Å². The van der Waals surface area contributed by atoms with Crippen LogP contribution in [0.2, 0.25) is 0 Å². The second kappa shape index (κ2) is 12.1. The van der Waals surface area contributed by atoms with Gasteiger partial charge in [0.15, 0.2) is 15.8 Å². The smallest absolute Gasteiger partial charge is 0.191 e. The summed E-state index contributed by atoms with van der Waals surface area (Å²) in [5.74, 6) is 1.41. The van der Waals surface area contributed by atoms with Gasteiger partial charge in [0, 0.05) is 37.8 Å². The Hall–Kier alpha value is -0.390. The first-order valence-corrected chi connectivity index (χ1v) is 11.0. The summed E-state index contributed by atoms with van der Waals surface area (Å²) in [6, 6.07) is 6.67. The fraction of sp³-hybridized carbons (Fsp3) is 0.588. The van der Waals surface area contributed by atoms with Gasteiger partial charge >= 0.3 is 0 Å². The van der Waals surface area contributed by atoms with Crippen molar-refractivity contribution in [1.82, 2.24) is 10.6 Å². The quantitative estimate of drug-likeness (QED) is 0.199. The Morgan fingerprint density at radius 3 is 2.50 bits per heavy atom. The van der Waals surface area contributed by atoms with E-state index in [-0.39, 0.29) is 29.7 Å². The van der Waals surface area contributed by atoms with Crippen LogP contribution >= 0.6 is 39.9 Å². The molecule has 148 valence electrons. The molecule has 1 saturated carbocycles. The molecule has 0 atom stereocenters. The molecule has 2 rings (SSSR count). The average molecular weight is 560 g/mol. The normalized spacial score (nSPS) is 14.6. The van der Waals surface area contributed by atoms with Crippen molar-refractivity contribution in [2.24, 2.45) is 10.9 Å². The Morgan fingerprint density at radius 2 is 1.88 bits per heavy atom. The fourth-order valence-electron chi connectivity index (χ4n) is 2.20. The average Bonchev–Trinajstić information content (AvgIpc) is 3.41. The molecule has 1 aliphatic rings. The minimum Gasteiger partial charge on any atom is -0.381 e. The summed E-state index contributed by atoms with van der Waals surface area (Å²) in [6.45, 7) is 2.65. The van der Waals surface area contributed by atoms with Crippen LogP contribution in [0.15, 0.2) is 38.6 Å². The van der Waals surface area contributed by atoms with Crippen molar-refractivity contribution < 1.29 is 13.2 Å². The van der Waals surface area contributed by atoms with Gasteiger partial charge in [0.2, 0.25) is 0 Å². The van der Waals surface area contributed by atoms with E-state index in [1.54, 1.807) is 31.3 Å². The van der Waals surface area contributed by atoms with E-state index in [9.17, 15) is 8.42 Å². The number of ether oxygens (including phenoxy) is 1. The number of hydrogen-bond donors (Lipinski definition) is 2. The molecule has 2 N–H and O–H groups in total. The molecule has 0 aliphatic heterocycles. The van der Waals surface area contributed by atoms with Crippen LogP contribution in [-0.4, -0.2) is 53.5 Å². The first kappa shape index (κ1) is 23.6. The molecule has 9 heteroatoms. The highest BCUT2D eigenvalue weighted by atomic mass is 127. The molecule has 0 bridgehead atoms. The molecule has 1 aromatic rings. The van der Waals surface area contributed by atoms with Crippen molar-refractivity contribution in [3.05, 3.63) is 28.7 Å². The van der Waals surface area contributed by atoms with E-state index in [0.717, 1.165) is 36.6 Å². The van der Waals surface area contributed by atoms with Crippen LogP contribution in [0.1, 0.15) is 19.3 Å². The number of nitrogens with one attached hydrogen (secondary N) is 2. The van der Waals surface area contributed by atoms with Crippen molar-refractivity contribution in [2.75, 3.05) is 39.1 Å². The van der Waals surface area contributed by atoms with Gasteiger partial charge in [0.25, 0.3) is 0 Å². The SMILES string of the molecule is CN=C(NCCCOCC1CC1)NCCS(=O)(=O)c1ccc(Br)cc1.I. The molecular weight excluding hydrogens is 533 g/mol. The third kappa shape index (κ3) is 9.01. The monoisotopic (exact) mass is 559 g/mol. The minimum atomic E-state index is -3.30. The number of rotatable bonds is 10. The molecule has 0 spiro atoms. The van der Waals surface area contributed by atoms with E-state index < -0.39 is 9.84 Å². The minimum absolute atomic E-state index is 0. The van der Waals surface area contributed by atoms with Crippen molar-refractivity contribution >= 4 is 55.7 Å². The van der Waals surface area contributed by atoms with Crippen LogP contribution in [0.4, 0.5) is 0 Å². The predicted octanol–water partition coefficient (Wildman–Crippen LogP) is 2.82. The number of sulfone groups is 1. The van der Waals surface area contributed by atoms with Crippen molar-refractivity contribution in [3.8, 4) is 0 Å². The Balaban J connectivity index is 0.00000338. The van der Waals surface area contributed by atoms with Crippen LogP contribution in [0.5, 0.6) is 0 Å². The maximum absolute atomic E-state index is 12.3. The third-order valence-corrected chi connectivity index (χ3v) is 6.13. The van der Waals surface area contributed by atoms with Gasteiger partial charge in [0.05, 0.1) is 10.6 Å². The Morgan fingerprint density at radius 1 is 1.23 bits per heavy atom. The lowest BCUT2D eigenvalue weighted by Gasteiger charge is -2.12. The number of hydrogen-bond acceptors (Lipinski definition) is 4. The highest BCUT2D eigenvalue weighted by Crippen LogP contribution is 2.28. The van der Waals surface area contributed by atoms with Crippen molar-refractivity contribution in [1.29, 1.82) is 0 Å². The molecule has 1 aromatic carbocycles. The van der Waals surface area contributed by atoms with Gasteiger partial charge < -0.3 is 15.4 Å². The standard InChI is InChI=1S/C17H26BrN3O3S.HI/c1-19-17(20-9-2-11-24-13-14-3-4-14)21-10-12-25(22,23)16-7-5-15(18)6-8-16;/h5-8,14H,2-4,9-13H2,1H3,(H2,19,20,21);1H. The molecule has 0 amide bonds. The molecule has 1 aliphatic carbocycles. The second-order valence-corrected chi connectivity index (χ2v) is 9.10. The zero-order valence-electron chi connectivity index (χ0n) is 14.9. The van der Waals surface area contributed by atoms with Crippen molar-refractivity contribution in [2.45, 2.75) is 24.2 Å². The third-order valence-electron chi connectivity index (χ3n) is 3.87. The lowest BCUT2D eigenvalue weighted by atomic mass is 10.4. The van der Waals surface area contributed by atoms with Gasteiger partial charge in [-0.05, 0) is 49.4 Å². The van der Waals surface area contributed by atoms with E-state index in [2.05, 4.69) is 31.6 Å². The summed E-state index contributed by atoms with van der Waals surface area (Å²) in [5, 5.41) is 6.20. The lowest BCUT2D eigenvalue weighted by molar-refractivity contribution is 0.123. The van der Waals surface area contributed by atoms with E-state index in [1.807, 2.05) is 0 Å². The van der Waals surface area contributed by atoms with Gasteiger partial charge in [0.1, 0.15) is 0 Å². The number of halogens is 2. The maximum atomic E-state index is 12.3. The van der Waals surface area contributed by atoms with E-state index in [4.69, 9.17) is 4.74 Å². The molecule has 0 aromatic heterocycles. The first-order chi connectivity index (χ1) is 12.0. The molecule has 0 unspecified atom stereocenters. The highest BCUT2D eigenvalue weighted by Gasteiger charge is 2.20. The molecule has 0 radical (unpaired) electrons. The number of nitrogens with zero attached hydrogens (tertiary/aromatic N) is 1. The van der Waals surface area contributed by atoms with Crippen LogP contribution in [-0.2, 0) is 14.6 Å². The van der Waals surface area contributed by atoms with Crippen LogP contribution in [0, 0.1) is 5.92 Å². The topological polar surface area (TPSA) is 79.8 Å². The number of aliphatic imine (C=N–C) groups is 1. The highest BCUT2D eigenvalue weighted by molar-refractivity contribution is 14.0. The summed E-state index contributed by atoms with van der Waals surface area (Å²) in [6.07, 6.45) is 3.50. The van der Waals surface area contributed by atoms with E-state index in [0.29, 0.717) is 17.4 Å². The Kier molecular flexibility index (Phi) is 11.0. The largest absolute Gasteiger partial charge is 0.381 e. The van der Waals surface area contributed by atoms with E-state index >= 15 is 0 Å². The van der Waals surface area contributed by atoms with Crippen molar-refractivity contribution in [3.63, 3.8) is 0 Å². The molecule has 0 heterocycles. The zero-order chi connectivity index (χ0) is 18.1. The molecule has 6 nitrogen and oxygen atoms in total. The fourth-order valence-corrected chi connectivity index (χ4v) is 3.62. The van der Waals surface area contributed by atoms with E-state index in [1.165, 1.54) is 12.8 Å². The molecule has 0 saturated heterocycles.